The molecule has 0 radical (unpaired) electrons. The van der Waals surface area contributed by atoms with E-state index in [1.54, 1.807) is 25.3 Å². The molecule has 26 heavy (non-hydrogen) atoms. The van der Waals surface area contributed by atoms with Gasteiger partial charge >= 0.3 is 0 Å². The fraction of sp³-hybridized carbons (Fsp3) is 0.278. The summed E-state index contributed by atoms with van der Waals surface area (Å²) in [6.07, 6.45) is 2.44. The average Bonchev–Trinajstić information content (AvgIpc) is 2.65. The number of aliphatic imine (C=N–C) groups is 1. The molecule has 0 spiro atoms. The van der Waals surface area contributed by atoms with Gasteiger partial charge < -0.3 is 20.7 Å². The Morgan fingerprint density at radius 3 is 2.69 bits per heavy atom. The lowest BCUT2D eigenvalue weighted by Crippen LogP contribution is -2.32. The monoisotopic (exact) mass is 469 g/mol. The van der Waals surface area contributed by atoms with Gasteiger partial charge in [0.05, 0.1) is 12.8 Å². The average molecular weight is 469 g/mol. The first-order valence-electron chi connectivity index (χ1n) is 7.94. The fourth-order valence-corrected chi connectivity index (χ4v) is 2.15. The Bertz CT molecular complexity index is 725. The summed E-state index contributed by atoms with van der Waals surface area (Å²) in [5.74, 6) is 0.705. The predicted octanol–water partition coefficient (Wildman–Crippen LogP) is 2.14. The van der Waals surface area contributed by atoms with E-state index in [1.165, 1.54) is 0 Å². The summed E-state index contributed by atoms with van der Waals surface area (Å²) in [6.45, 7) is 0.553. The maximum atomic E-state index is 12.1. The lowest BCUT2D eigenvalue weighted by Gasteiger charge is -2.16. The molecule has 0 fully saturated rings. The molecule has 0 atom stereocenters. The molecule has 7 nitrogen and oxygen atoms in total. The number of carbonyl (C=O) groups excluding carboxylic acids is 1. The van der Waals surface area contributed by atoms with E-state index in [-0.39, 0.29) is 42.4 Å². The van der Waals surface area contributed by atoms with Crippen molar-refractivity contribution in [3.8, 4) is 5.75 Å². The minimum atomic E-state index is -0.110. The maximum Gasteiger partial charge on any atom is 0.244 e. The van der Waals surface area contributed by atoms with E-state index in [1.807, 2.05) is 42.5 Å². The number of anilines is 1. The van der Waals surface area contributed by atoms with Gasteiger partial charge in [0.2, 0.25) is 5.91 Å². The maximum absolute atomic E-state index is 12.1. The van der Waals surface area contributed by atoms with Crippen molar-refractivity contribution in [3.05, 3.63) is 54.4 Å². The summed E-state index contributed by atoms with van der Waals surface area (Å²) < 4.78 is 5.23. The third-order valence-electron chi connectivity index (χ3n) is 3.61. The Kier molecular flexibility index (Phi) is 9.42. The second-order valence-electron chi connectivity index (χ2n) is 5.41. The number of aromatic nitrogens is 1. The first kappa shape index (κ1) is 21.7. The van der Waals surface area contributed by atoms with Crippen LogP contribution in [0.3, 0.4) is 0 Å². The molecule has 1 amide bonds. The van der Waals surface area contributed by atoms with Crippen molar-refractivity contribution in [3.63, 3.8) is 0 Å². The summed E-state index contributed by atoms with van der Waals surface area (Å²) in [5.41, 5.74) is 7.49. The van der Waals surface area contributed by atoms with Crippen LogP contribution in [0.25, 0.3) is 0 Å². The molecular formula is C18H24IN5O2. The molecule has 0 saturated heterocycles. The number of hydrogen-bond donors (Lipinski definition) is 2. The lowest BCUT2D eigenvalue weighted by molar-refractivity contribution is -0.128. The number of pyridine rings is 1. The molecule has 1 aromatic carbocycles. The van der Waals surface area contributed by atoms with Crippen LogP contribution in [-0.4, -0.2) is 49.0 Å². The molecular weight excluding hydrogens is 445 g/mol. The van der Waals surface area contributed by atoms with E-state index in [0.29, 0.717) is 24.4 Å². The van der Waals surface area contributed by atoms with Crippen molar-refractivity contribution in [1.29, 1.82) is 0 Å². The van der Waals surface area contributed by atoms with Gasteiger partial charge in [-0.2, -0.15) is 0 Å². The number of amides is 1. The number of guanidine groups is 1. The number of likely N-dealkylation sites (N-methyl/N-ethyl adjacent to an activating group) is 1. The van der Waals surface area contributed by atoms with E-state index in [9.17, 15) is 4.79 Å². The molecule has 0 unspecified atom stereocenters. The van der Waals surface area contributed by atoms with Gasteiger partial charge in [-0.25, -0.2) is 4.99 Å². The van der Waals surface area contributed by atoms with Gasteiger partial charge in [-0.3, -0.25) is 9.78 Å². The SMILES string of the molecule is COc1ccccc1NC(N)=NCC(=O)N(C)CCc1ccccn1.I. The standard InChI is InChI=1S/C18H23N5O2.HI/c1-23(12-10-14-7-5-6-11-20-14)17(24)13-21-18(19)22-15-8-3-4-9-16(15)25-2;/h3-9,11H,10,12-13H2,1-2H3,(H3,19,21,22);1H. The van der Waals surface area contributed by atoms with Crippen LogP contribution in [0.15, 0.2) is 53.7 Å². The number of rotatable bonds is 7. The smallest absolute Gasteiger partial charge is 0.244 e. The van der Waals surface area contributed by atoms with Crippen molar-refractivity contribution in [2.75, 3.05) is 32.6 Å². The highest BCUT2D eigenvalue weighted by Crippen LogP contribution is 2.22. The summed E-state index contributed by atoms with van der Waals surface area (Å²) in [6, 6.07) is 13.1. The van der Waals surface area contributed by atoms with E-state index in [4.69, 9.17) is 10.5 Å². The van der Waals surface area contributed by atoms with Crippen LogP contribution in [0, 0.1) is 0 Å². The number of carbonyl (C=O) groups is 1. The largest absolute Gasteiger partial charge is 0.495 e. The van der Waals surface area contributed by atoms with Gasteiger partial charge in [0.25, 0.3) is 0 Å². The molecule has 0 saturated carbocycles. The van der Waals surface area contributed by atoms with Gasteiger partial charge in [0.1, 0.15) is 12.3 Å². The van der Waals surface area contributed by atoms with Crippen LogP contribution < -0.4 is 15.8 Å². The second kappa shape index (κ2) is 11.3. The van der Waals surface area contributed by atoms with Crippen LogP contribution >= 0.6 is 24.0 Å². The summed E-state index contributed by atoms with van der Waals surface area (Å²) in [4.78, 5) is 22.1. The number of benzene rings is 1. The Morgan fingerprint density at radius 1 is 1.27 bits per heavy atom. The third-order valence-corrected chi connectivity index (χ3v) is 3.61. The van der Waals surface area contributed by atoms with Crippen molar-refractivity contribution >= 4 is 41.5 Å². The minimum Gasteiger partial charge on any atom is -0.495 e. The third kappa shape index (κ3) is 6.87. The molecule has 0 aliphatic heterocycles. The zero-order valence-corrected chi connectivity index (χ0v) is 17.2. The Balaban J connectivity index is 0.00000338. The number of nitrogens with zero attached hydrogens (tertiary/aromatic N) is 3. The Labute approximate surface area is 170 Å². The number of nitrogens with one attached hydrogen (secondary N) is 1. The van der Waals surface area contributed by atoms with Gasteiger partial charge in [-0.1, -0.05) is 18.2 Å². The first-order chi connectivity index (χ1) is 12.1. The number of nitrogens with two attached hydrogens (primary N) is 1. The topological polar surface area (TPSA) is 92.8 Å². The van der Waals surface area contributed by atoms with Gasteiger partial charge in [0, 0.05) is 31.9 Å². The van der Waals surface area contributed by atoms with Crippen LogP contribution in [0.5, 0.6) is 5.75 Å². The van der Waals surface area contributed by atoms with Crippen molar-refractivity contribution < 1.29 is 9.53 Å². The molecule has 3 N–H and O–H groups in total. The summed E-state index contributed by atoms with van der Waals surface area (Å²) in [7, 11) is 3.32. The molecule has 1 aromatic heterocycles. The van der Waals surface area contributed by atoms with Crippen molar-refractivity contribution in [2.45, 2.75) is 6.42 Å². The van der Waals surface area contributed by atoms with Gasteiger partial charge in [-0.05, 0) is 24.3 Å². The van der Waals surface area contributed by atoms with E-state index >= 15 is 0 Å². The number of hydrogen-bond acceptors (Lipinski definition) is 4. The highest BCUT2D eigenvalue weighted by atomic mass is 127. The zero-order chi connectivity index (χ0) is 18.1. The summed E-state index contributed by atoms with van der Waals surface area (Å²) in [5, 5.41) is 2.94. The number of methoxy groups -OCH3 is 1. The van der Waals surface area contributed by atoms with E-state index in [2.05, 4.69) is 15.3 Å². The number of ether oxygens (including phenoxy) is 1. The molecule has 0 bridgehead atoms. The molecule has 2 aromatic rings. The second-order valence-corrected chi connectivity index (χ2v) is 5.41. The van der Waals surface area contributed by atoms with Crippen LogP contribution in [-0.2, 0) is 11.2 Å². The quantitative estimate of drug-likeness (QED) is 0.368. The Morgan fingerprint density at radius 2 is 2.00 bits per heavy atom. The van der Waals surface area contributed by atoms with Crippen LogP contribution in [0.1, 0.15) is 5.69 Å². The van der Waals surface area contributed by atoms with Crippen molar-refractivity contribution in [1.82, 2.24) is 9.88 Å². The normalized spacial score (nSPS) is 10.6. The predicted molar refractivity (Wildman–Crippen MR) is 114 cm³/mol. The molecule has 1 heterocycles. The molecule has 8 heteroatoms. The van der Waals surface area contributed by atoms with Crippen LogP contribution in [0.2, 0.25) is 0 Å². The van der Waals surface area contributed by atoms with E-state index in [0.717, 1.165) is 5.69 Å². The highest BCUT2D eigenvalue weighted by Gasteiger charge is 2.09. The Hall–Kier alpha value is -2.36. The molecule has 0 aliphatic rings. The summed E-state index contributed by atoms with van der Waals surface area (Å²) >= 11 is 0. The molecule has 2 rings (SSSR count). The van der Waals surface area contributed by atoms with Crippen molar-refractivity contribution in [2.24, 2.45) is 10.7 Å². The minimum absolute atomic E-state index is 0. The number of para-hydroxylation sites is 2. The first-order valence-corrected chi connectivity index (χ1v) is 7.94. The van der Waals surface area contributed by atoms with Gasteiger partial charge in [-0.15, -0.1) is 24.0 Å². The number of halogens is 1. The molecule has 0 aliphatic carbocycles. The van der Waals surface area contributed by atoms with E-state index < -0.39 is 0 Å². The lowest BCUT2D eigenvalue weighted by atomic mass is 10.2. The zero-order valence-electron chi connectivity index (χ0n) is 14.9. The van der Waals surface area contributed by atoms with Gasteiger partial charge in [0.15, 0.2) is 5.96 Å². The van der Waals surface area contributed by atoms with Crippen LogP contribution in [0.4, 0.5) is 5.69 Å². The highest BCUT2D eigenvalue weighted by molar-refractivity contribution is 14.0. The molecule has 140 valence electrons. The fourth-order valence-electron chi connectivity index (χ4n) is 2.15.